The fourth-order valence-corrected chi connectivity index (χ4v) is 4.51. The van der Waals surface area contributed by atoms with E-state index in [2.05, 4.69) is 30.1 Å². The second kappa shape index (κ2) is 9.47. The van der Waals surface area contributed by atoms with Crippen LogP contribution >= 0.6 is 0 Å². The van der Waals surface area contributed by atoms with Gasteiger partial charge in [-0.25, -0.2) is 0 Å². The zero-order valence-corrected chi connectivity index (χ0v) is 14.4. The molecule has 23 heavy (non-hydrogen) atoms. The van der Waals surface area contributed by atoms with E-state index in [0.29, 0.717) is 0 Å². The lowest BCUT2D eigenvalue weighted by atomic mass is 9.86. The van der Waals surface area contributed by atoms with Gasteiger partial charge in [-0.05, 0) is 63.6 Å². The van der Waals surface area contributed by atoms with E-state index < -0.39 is 0 Å². The van der Waals surface area contributed by atoms with Gasteiger partial charge < -0.3 is 0 Å². The standard InChI is InChI=1S/C21H33N.CH4/c1-18-16-19(17-22-14-7-4-8-15-22)10-9-13-21(18)20-11-5-2-3-6-12-20;/h9-10,16,20H,2-8,11-15,17H2,1H3;1H4. The molecular formula is C22H37N. The maximum absolute atomic E-state index is 2.64. The van der Waals surface area contributed by atoms with Gasteiger partial charge in [0.2, 0.25) is 0 Å². The highest BCUT2D eigenvalue weighted by Crippen LogP contribution is 2.34. The molecule has 0 amide bonds. The van der Waals surface area contributed by atoms with Crippen LogP contribution in [0, 0.1) is 5.92 Å². The van der Waals surface area contributed by atoms with Crippen LogP contribution in [0.5, 0.6) is 0 Å². The molecule has 1 saturated carbocycles. The molecule has 0 unspecified atom stereocenters. The van der Waals surface area contributed by atoms with Gasteiger partial charge in [-0.3, -0.25) is 4.90 Å². The van der Waals surface area contributed by atoms with Crippen LogP contribution in [0.2, 0.25) is 0 Å². The Kier molecular flexibility index (Phi) is 7.62. The number of hydrogen-bond donors (Lipinski definition) is 0. The summed E-state index contributed by atoms with van der Waals surface area (Å²) in [5.74, 6) is 0.859. The van der Waals surface area contributed by atoms with E-state index in [0.717, 1.165) is 12.5 Å². The molecule has 0 aromatic carbocycles. The second-order valence-electron chi connectivity index (χ2n) is 7.56. The molecule has 130 valence electrons. The van der Waals surface area contributed by atoms with Crippen molar-refractivity contribution in [3.63, 3.8) is 0 Å². The van der Waals surface area contributed by atoms with Gasteiger partial charge in [-0.15, -0.1) is 0 Å². The van der Waals surface area contributed by atoms with Crippen molar-refractivity contribution in [3.05, 3.63) is 34.9 Å². The first-order chi connectivity index (χ1) is 10.8. The van der Waals surface area contributed by atoms with Crippen molar-refractivity contribution in [2.75, 3.05) is 19.6 Å². The van der Waals surface area contributed by atoms with Crippen LogP contribution in [0.15, 0.2) is 34.9 Å². The Morgan fingerprint density at radius 3 is 2.30 bits per heavy atom. The molecule has 3 rings (SSSR count). The molecular weight excluding hydrogens is 278 g/mol. The summed E-state index contributed by atoms with van der Waals surface area (Å²) in [5, 5.41) is 0. The number of piperidine rings is 1. The molecule has 1 heteroatoms. The molecule has 0 N–H and O–H groups in total. The van der Waals surface area contributed by atoms with Crippen LogP contribution in [0.4, 0.5) is 0 Å². The third-order valence-corrected chi connectivity index (χ3v) is 5.78. The zero-order chi connectivity index (χ0) is 15.2. The molecule has 3 aliphatic rings. The van der Waals surface area contributed by atoms with E-state index in [1.807, 2.05) is 0 Å². The van der Waals surface area contributed by atoms with Gasteiger partial charge in [-0.2, -0.15) is 0 Å². The second-order valence-corrected chi connectivity index (χ2v) is 7.56. The molecule has 0 aromatic rings. The largest absolute Gasteiger partial charge is 0.299 e. The van der Waals surface area contributed by atoms with E-state index in [1.54, 1.807) is 11.1 Å². The fraction of sp³-hybridized carbons (Fsp3) is 0.727. The highest BCUT2D eigenvalue weighted by atomic mass is 15.1. The lowest BCUT2D eigenvalue weighted by Gasteiger charge is -2.26. The van der Waals surface area contributed by atoms with Gasteiger partial charge >= 0.3 is 0 Å². The average Bonchev–Trinajstić information content (AvgIpc) is 2.89. The Balaban J connectivity index is 0.00000192. The van der Waals surface area contributed by atoms with Crippen molar-refractivity contribution < 1.29 is 0 Å². The molecule has 0 spiro atoms. The minimum absolute atomic E-state index is 0. The van der Waals surface area contributed by atoms with Gasteiger partial charge in [0.15, 0.2) is 0 Å². The minimum atomic E-state index is 0. The lowest BCUT2D eigenvalue weighted by molar-refractivity contribution is 0.248. The van der Waals surface area contributed by atoms with Crippen LogP contribution in [0.3, 0.4) is 0 Å². The summed E-state index contributed by atoms with van der Waals surface area (Å²) in [6.07, 6.45) is 21.4. The Hall–Kier alpha value is -0.820. The Morgan fingerprint density at radius 1 is 0.957 bits per heavy atom. The zero-order valence-electron chi connectivity index (χ0n) is 14.4. The summed E-state index contributed by atoms with van der Waals surface area (Å²) < 4.78 is 0. The fourth-order valence-electron chi connectivity index (χ4n) is 4.51. The molecule has 0 atom stereocenters. The summed E-state index contributed by atoms with van der Waals surface area (Å²) in [7, 11) is 0. The number of rotatable bonds is 3. The normalized spacial score (nSPS) is 24.7. The van der Waals surface area contributed by atoms with Crippen LogP contribution < -0.4 is 0 Å². The molecule has 1 aliphatic heterocycles. The number of nitrogens with zero attached hydrogens (tertiary/aromatic N) is 1. The molecule has 0 radical (unpaired) electrons. The monoisotopic (exact) mass is 315 g/mol. The highest BCUT2D eigenvalue weighted by Gasteiger charge is 2.19. The predicted molar refractivity (Wildman–Crippen MR) is 103 cm³/mol. The quantitative estimate of drug-likeness (QED) is 0.554. The molecule has 1 saturated heterocycles. The van der Waals surface area contributed by atoms with Crippen LogP contribution in [-0.4, -0.2) is 24.5 Å². The third-order valence-electron chi connectivity index (χ3n) is 5.78. The van der Waals surface area contributed by atoms with Gasteiger partial charge in [0.25, 0.3) is 0 Å². The van der Waals surface area contributed by atoms with Gasteiger partial charge in [0.1, 0.15) is 0 Å². The molecule has 2 fully saturated rings. The molecule has 2 aliphatic carbocycles. The van der Waals surface area contributed by atoms with Crippen LogP contribution in [0.1, 0.15) is 78.6 Å². The van der Waals surface area contributed by atoms with Crippen LogP contribution in [0.25, 0.3) is 0 Å². The average molecular weight is 316 g/mol. The molecule has 1 heterocycles. The van der Waals surface area contributed by atoms with Crippen molar-refractivity contribution in [1.29, 1.82) is 0 Å². The summed E-state index contributed by atoms with van der Waals surface area (Å²) in [4.78, 5) is 2.64. The van der Waals surface area contributed by atoms with Crippen molar-refractivity contribution >= 4 is 0 Å². The topological polar surface area (TPSA) is 3.24 Å². The SMILES string of the molecule is C.CC1=C(C2CCCCCC2)CC=CC(CN2CCCCC2)=C1. The van der Waals surface area contributed by atoms with E-state index in [-0.39, 0.29) is 7.43 Å². The van der Waals surface area contributed by atoms with Crippen LogP contribution in [-0.2, 0) is 0 Å². The maximum atomic E-state index is 2.64. The Morgan fingerprint density at radius 2 is 1.61 bits per heavy atom. The number of allylic oxidation sites excluding steroid dienone is 4. The van der Waals surface area contributed by atoms with E-state index in [1.165, 1.54) is 82.9 Å². The minimum Gasteiger partial charge on any atom is -0.299 e. The van der Waals surface area contributed by atoms with E-state index >= 15 is 0 Å². The Labute approximate surface area is 144 Å². The van der Waals surface area contributed by atoms with E-state index in [9.17, 15) is 0 Å². The third kappa shape index (κ3) is 5.35. The van der Waals surface area contributed by atoms with E-state index in [4.69, 9.17) is 0 Å². The molecule has 1 nitrogen and oxygen atoms in total. The predicted octanol–water partition coefficient (Wildman–Crippen LogP) is 6.28. The summed E-state index contributed by atoms with van der Waals surface area (Å²) >= 11 is 0. The Bertz CT molecular complexity index is 441. The van der Waals surface area contributed by atoms with Crippen molar-refractivity contribution in [3.8, 4) is 0 Å². The lowest BCUT2D eigenvalue weighted by Crippen LogP contribution is -2.31. The van der Waals surface area contributed by atoms with Gasteiger partial charge in [0.05, 0.1) is 0 Å². The molecule has 0 bridgehead atoms. The molecule has 0 aromatic heterocycles. The first-order valence-corrected chi connectivity index (χ1v) is 9.62. The summed E-state index contributed by atoms with van der Waals surface area (Å²) in [6.45, 7) is 6.11. The number of hydrogen-bond acceptors (Lipinski definition) is 1. The smallest absolute Gasteiger partial charge is 0.0233 e. The summed E-state index contributed by atoms with van der Waals surface area (Å²) in [6, 6.07) is 0. The van der Waals surface area contributed by atoms with Crippen molar-refractivity contribution in [1.82, 2.24) is 4.90 Å². The summed E-state index contributed by atoms with van der Waals surface area (Å²) in [5.41, 5.74) is 4.85. The van der Waals surface area contributed by atoms with Crippen molar-refractivity contribution in [2.24, 2.45) is 5.92 Å². The van der Waals surface area contributed by atoms with Gasteiger partial charge in [0, 0.05) is 6.54 Å². The highest BCUT2D eigenvalue weighted by molar-refractivity contribution is 5.38. The first-order valence-electron chi connectivity index (χ1n) is 9.62. The van der Waals surface area contributed by atoms with Gasteiger partial charge in [-0.1, -0.05) is 68.9 Å². The number of likely N-dealkylation sites (tertiary alicyclic amines) is 1. The van der Waals surface area contributed by atoms with Crippen molar-refractivity contribution in [2.45, 2.75) is 78.6 Å². The first kappa shape index (κ1) is 18.5. The maximum Gasteiger partial charge on any atom is 0.0233 e.